The van der Waals surface area contributed by atoms with Gasteiger partial charge in [0.05, 0.1) is 6.54 Å². The number of likely N-dealkylation sites (tertiary alicyclic amines) is 1. The van der Waals surface area contributed by atoms with Crippen LogP contribution in [-0.4, -0.2) is 52.1 Å². The van der Waals surface area contributed by atoms with Crippen LogP contribution in [0.25, 0.3) is 10.9 Å². The number of nitrogens with zero attached hydrogens (tertiary/aromatic N) is 1. The summed E-state index contributed by atoms with van der Waals surface area (Å²) in [6.07, 6.45) is 0.542. The second-order valence-corrected chi connectivity index (χ2v) is 8.77. The summed E-state index contributed by atoms with van der Waals surface area (Å²) in [5.74, 6) is 0.530. The molecule has 0 aliphatic carbocycles. The Labute approximate surface area is 186 Å². The van der Waals surface area contributed by atoms with Crippen LogP contribution in [0.15, 0.2) is 36.4 Å². The molecule has 7 heteroatoms. The highest BCUT2D eigenvalue weighted by atomic mass is 16.5. The fourth-order valence-electron chi connectivity index (χ4n) is 4.61. The molecule has 0 bridgehead atoms. The van der Waals surface area contributed by atoms with Crippen molar-refractivity contribution in [1.82, 2.24) is 9.88 Å². The zero-order chi connectivity index (χ0) is 22.4. The number of benzene rings is 2. The maximum atomic E-state index is 13.1. The molecule has 1 fully saturated rings. The number of nitrogens with one attached hydrogen (secondary N) is 2. The molecule has 3 heterocycles. The van der Waals surface area contributed by atoms with Crippen molar-refractivity contribution < 1.29 is 19.4 Å². The Morgan fingerprint density at radius 2 is 2.00 bits per heavy atom. The van der Waals surface area contributed by atoms with Crippen LogP contribution in [0.1, 0.15) is 40.0 Å². The van der Waals surface area contributed by atoms with E-state index in [1.807, 2.05) is 50.2 Å². The van der Waals surface area contributed by atoms with Gasteiger partial charge in [-0.2, -0.15) is 0 Å². The Hall–Kier alpha value is -3.32. The van der Waals surface area contributed by atoms with E-state index in [1.165, 1.54) is 0 Å². The quantitative estimate of drug-likeness (QED) is 0.591. The average Bonchev–Trinajstić information content (AvgIpc) is 3.07. The lowest BCUT2D eigenvalue weighted by molar-refractivity contribution is -0.116. The summed E-state index contributed by atoms with van der Waals surface area (Å²) >= 11 is 0. The standard InChI is InChI=1S/C25H27N3O4/c1-14-15(2)26-20-7-4-17(11-19(14)20)25(31)28-10-9-23(22(29)13-28)32-18-6-3-16-5-8-24(30)27-21(16)12-18/h3-4,6-7,11-12,22-23,26,29H,5,8-10,13H2,1-2H3,(H,27,30)/t22-,23-/m1/s1. The Kier molecular flexibility index (Phi) is 5.13. The minimum absolute atomic E-state index is 0.00434. The first-order valence-corrected chi connectivity index (χ1v) is 11.0. The van der Waals surface area contributed by atoms with E-state index < -0.39 is 12.2 Å². The van der Waals surface area contributed by atoms with E-state index in [4.69, 9.17) is 4.74 Å². The third-order valence-electron chi connectivity index (χ3n) is 6.63. The number of anilines is 1. The predicted molar refractivity (Wildman–Crippen MR) is 122 cm³/mol. The Bertz CT molecular complexity index is 1220. The smallest absolute Gasteiger partial charge is 0.253 e. The highest BCUT2D eigenvalue weighted by Gasteiger charge is 2.32. The number of piperidine rings is 1. The summed E-state index contributed by atoms with van der Waals surface area (Å²) in [7, 11) is 0. The molecule has 166 valence electrons. The fraction of sp³-hybridized carbons (Fsp3) is 0.360. The number of ether oxygens (including phenoxy) is 1. The molecular formula is C25H27N3O4. The van der Waals surface area contributed by atoms with Crippen molar-refractivity contribution in [3.8, 4) is 5.75 Å². The number of aliphatic hydroxyl groups is 1. The molecule has 2 atom stereocenters. The van der Waals surface area contributed by atoms with Gasteiger partial charge in [0.2, 0.25) is 5.91 Å². The first-order valence-electron chi connectivity index (χ1n) is 11.0. The summed E-state index contributed by atoms with van der Waals surface area (Å²) in [6.45, 7) is 4.79. The SMILES string of the molecule is Cc1[nH]c2ccc(C(=O)N3CC[C@@H](Oc4ccc5c(c4)NC(=O)CC5)[C@H](O)C3)cc2c1C. The van der Waals surface area contributed by atoms with Crippen LogP contribution in [-0.2, 0) is 11.2 Å². The van der Waals surface area contributed by atoms with Crippen LogP contribution in [0.2, 0.25) is 0 Å². The molecule has 32 heavy (non-hydrogen) atoms. The Morgan fingerprint density at radius 3 is 2.81 bits per heavy atom. The number of aliphatic hydroxyl groups excluding tert-OH is 1. The lowest BCUT2D eigenvalue weighted by Gasteiger charge is -2.36. The topological polar surface area (TPSA) is 94.7 Å². The molecule has 2 aromatic carbocycles. The second kappa shape index (κ2) is 7.98. The molecule has 0 saturated carbocycles. The van der Waals surface area contributed by atoms with E-state index in [2.05, 4.69) is 10.3 Å². The van der Waals surface area contributed by atoms with Crippen LogP contribution < -0.4 is 10.1 Å². The normalized spacial score (nSPS) is 20.7. The van der Waals surface area contributed by atoms with Crippen LogP contribution in [0.4, 0.5) is 5.69 Å². The van der Waals surface area contributed by atoms with Crippen molar-refractivity contribution in [2.24, 2.45) is 0 Å². The number of H-pyrrole nitrogens is 1. The highest BCUT2D eigenvalue weighted by molar-refractivity contribution is 5.99. The van der Waals surface area contributed by atoms with Gasteiger partial charge in [-0.25, -0.2) is 0 Å². The number of aromatic nitrogens is 1. The average molecular weight is 434 g/mol. The highest BCUT2D eigenvalue weighted by Crippen LogP contribution is 2.29. The summed E-state index contributed by atoms with van der Waals surface area (Å²) in [4.78, 5) is 29.8. The number of hydrogen-bond donors (Lipinski definition) is 3. The van der Waals surface area contributed by atoms with Gasteiger partial charge in [0.1, 0.15) is 18.0 Å². The predicted octanol–water partition coefficient (Wildman–Crippen LogP) is 3.32. The lowest BCUT2D eigenvalue weighted by Crippen LogP contribution is -2.51. The number of β-amino-alcohol motifs (C(OH)–C–C–N with tert-alkyl or cyclic N) is 1. The van der Waals surface area contributed by atoms with E-state index in [9.17, 15) is 14.7 Å². The Morgan fingerprint density at radius 1 is 1.16 bits per heavy atom. The molecule has 2 amide bonds. The van der Waals surface area contributed by atoms with E-state index in [0.717, 1.165) is 39.8 Å². The number of rotatable bonds is 3. The zero-order valence-electron chi connectivity index (χ0n) is 18.3. The summed E-state index contributed by atoms with van der Waals surface area (Å²) in [5, 5.41) is 14.6. The minimum atomic E-state index is -0.793. The van der Waals surface area contributed by atoms with Crippen LogP contribution in [0.5, 0.6) is 5.75 Å². The van der Waals surface area contributed by atoms with Crippen molar-refractivity contribution >= 4 is 28.4 Å². The van der Waals surface area contributed by atoms with Crippen LogP contribution in [0, 0.1) is 13.8 Å². The third-order valence-corrected chi connectivity index (χ3v) is 6.63. The van der Waals surface area contributed by atoms with Crippen molar-refractivity contribution in [3.05, 3.63) is 58.8 Å². The van der Waals surface area contributed by atoms with Crippen molar-refractivity contribution in [2.75, 3.05) is 18.4 Å². The maximum absolute atomic E-state index is 13.1. The molecule has 1 saturated heterocycles. The lowest BCUT2D eigenvalue weighted by atomic mass is 10.0. The molecule has 2 aliphatic heterocycles. The van der Waals surface area contributed by atoms with Crippen molar-refractivity contribution in [1.29, 1.82) is 0 Å². The molecule has 3 aromatic rings. The van der Waals surface area contributed by atoms with Crippen molar-refractivity contribution in [2.45, 2.75) is 45.3 Å². The van der Waals surface area contributed by atoms with Gasteiger partial charge in [-0.3, -0.25) is 9.59 Å². The number of fused-ring (bicyclic) bond motifs is 2. The monoisotopic (exact) mass is 433 g/mol. The van der Waals surface area contributed by atoms with Gasteiger partial charge in [0, 0.05) is 53.3 Å². The molecule has 0 spiro atoms. The molecule has 7 nitrogen and oxygen atoms in total. The number of hydrogen-bond acceptors (Lipinski definition) is 4. The number of carbonyl (C=O) groups excluding carboxylic acids is 2. The first kappa shape index (κ1) is 20.6. The van der Waals surface area contributed by atoms with Gasteiger partial charge < -0.3 is 25.0 Å². The van der Waals surface area contributed by atoms with Gasteiger partial charge in [0.25, 0.3) is 5.91 Å². The Balaban J connectivity index is 1.26. The van der Waals surface area contributed by atoms with E-state index in [1.54, 1.807) is 4.90 Å². The molecule has 5 rings (SSSR count). The second-order valence-electron chi connectivity index (χ2n) is 8.77. The fourth-order valence-corrected chi connectivity index (χ4v) is 4.61. The van der Waals surface area contributed by atoms with Crippen LogP contribution >= 0.6 is 0 Å². The van der Waals surface area contributed by atoms with Crippen LogP contribution in [0.3, 0.4) is 0 Å². The van der Waals surface area contributed by atoms with Gasteiger partial charge in [0.15, 0.2) is 0 Å². The molecular weight excluding hydrogens is 406 g/mol. The maximum Gasteiger partial charge on any atom is 0.253 e. The van der Waals surface area contributed by atoms with Gasteiger partial charge >= 0.3 is 0 Å². The number of aryl methyl sites for hydroxylation is 3. The molecule has 0 radical (unpaired) electrons. The molecule has 3 N–H and O–H groups in total. The summed E-state index contributed by atoms with van der Waals surface area (Å²) in [6, 6.07) is 11.3. The summed E-state index contributed by atoms with van der Waals surface area (Å²) < 4.78 is 6.04. The van der Waals surface area contributed by atoms with E-state index >= 15 is 0 Å². The zero-order valence-corrected chi connectivity index (χ0v) is 18.3. The summed E-state index contributed by atoms with van der Waals surface area (Å²) in [5.41, 5.74) is 5.73. The van der Waals surface area contributed by atoms with E-state index in [-0.39, 0.29) is 18.4 Å². The van der Waals surface area contributed by atoms with Gasteiger partial charge in [-0.1, -0.05) is 6.07 Å². The third kappa shape index (κ3) is 3.73. The molecule has 1 aromatic heterocycles. The molecule has 0 unspecified atom stereocenters. The number of amides is 2. The first-order chi connectivity index (χ1) is 15.4. The largest absolute Gasteiger partial charge is 0.488 e. The van der Waals surface area contributed by atoms with Gasteiger partial charge in [-0.15, -0.1) is 0 Å². The minimum Gasteiger partial charge on any atom is -0.488 e. The number of carbonyl (C=O) groups is 2. The molecule has 2 aliphatic rings. The van der Waals surface area contributed by atoms with Crippen molar-refractivity contribution in [3.63, 3.8) is 0 Å². The number of aromatic amines is 1. The van der Waals surface area contributed by atoms with Gasteiger partial charge in [-0.05, 0) is 55.7 Å². The van der Waals surface area contributed by atoms with E-state index in [0.29, 0.717) is 30.7 Å².